The Hall–Kier alpha value is -3.92. The normalized spacial score (nSPS) is 22.7. The number of ether oxygens (including phenoxy) is 1. The number of hydrogen-bond donors (Lipinski definition) is 5. The number of amides is 3. The number of likely N-dealkylation sites (N-methyl/N-ethyl adjacent to an activating group) is 1. The Balaban J connectivity index is 1.34. The number of ketones is 1. The van der Waals surface area contributed by atoms with Gasteiger partial charge < -0.3 is 31.5 Å². The van der Waals surface area contributed by atoms with Crippen LogP contribution < -0.4 is 21.7 Å². The van der Waals surface area contributed by atoms with Gasteiger partial charge in [0, 0.05) is 42.1 Å². The van der Waals surface area contributed by atoms with Gasteiger partial charge in [0.05, 0.1) is 30.1 Å². The van der Waals surface area contributed by atoms with E-state index >= 15 is 0 Å². The maximum Gasteiger partial charge on any atom is 0.338 e. The number of nitrogens with one attached hydrogen (secondary N) is 3. The molecular weight excluding hydrogens is 618 g/mol. The number of esters is 1. The number of fused-ring (bicyclic) bond motifs is 1. The number of Topliss-reactive ketones (excluding diaryl/α,β-unsaturated/α-hetero) is 1. The Morgan fingerprint density at radius 3 is 2.13 bits per heavy atom. The molecule has 1 aromatic carbocycles. The third kappa shape index (κ3) is 6.49. The van der Waals surface area contributed by atoms with Gasteiger partial charge in [0.1, 0.15) is 11.7 Å². The first kappa shape index (κ1) is 34.9. The summed E-state index contributed by atoms with van der Waals surface area (Å²) in [7, 11) is -2.64. The molecule has 0 heterocycles. The van der Waals surface area contributed by atoms with Gasteiger partial charge in [0.15, 0.2) is 5.78 Å². The van der Waals surface area contributed by atoms with Crippen molar-refractivity contribution in [3.63, 3.8) is 0 Å². The van der Waals surface area contributed by atoms with Crippen LogP contribution in [0, 0.1) is 10.8 Å². The van der Waals surface area contributed by atoms with E-state index in [1.165, 1.54) is 31.3 Å². The Kier molecular flexibility index (Phi) is 9.65. The van der Waals surface area contributed by atoms with Crippen LogP contribution in [0.5, 0.6) is 0 Å². The number of nitrogens with zero attached hydrogens (tertiary/aromatic N) is 1. The van der Waals surface area contributed by atoms with Gasteiger partial charge in [0.25, 0.3) is 0 Å². The molecule has 0 radical (unpaired) electrons. The zero-order valence-electron chi connectivity index (χ0n) is 26.6. The average molecular weight is 660 g/mol. The number of carbonyl (C=O) groups excluding carboxylic acids is 5. The fourth-order valence-electron chi connectivity index (χ4n) is 6.07. The van der Waals surface area contributed by atoms with Crippen molar-refractivity contribution < 1.29 is 42.2 Å². The van der Waals surface area contributed by atoms with Crippen LogP contribution in [0.4, 0.5) is 0 Å². The molecule has 1 aromatic rings. The molecule has 15 heteroatoms. The highest BCUT2D eigenvalue weighted by Gasteiger charge is 2.66. The largest absolute Gasteiger partial charge is 0.453 e. The molecule has 14 nitrogen and oxygen atoms in total. The maximum absolute atomic E-state index is 13.3. The van der Waals surface area contributed by atoms with E-state index in [1.54, 1.807) is 13.0 Å². The Bertz CT molecular complexity index is 1620. The molecule has 0 aromatic heterocycles. The molecule has 1 fully saturated rings. The van der Waals surface area contributed by atoms with Crippen molar-refractivity contribution in [3.05, 3.63) is 52.6 Å². The number of aliphatic hydroxyl groups is 1. The molecule has 0 aliphatic heterocycles. The van der Waals surface area contributed by atoms with Crippen molar-refractivity contribution in [1.82, 2.24) is 20.3 Å². The molecular formula is C31H41N5O9S. The number of sulfonamides is 1. The van der Waals surface area contributed by atoms with Crippen LogP contribution in [0.2, 0.25) is 0 Å². The Morgan fingerprint density at radius 2 is 1.57 bits per heavy atom. The summed E-state index contributed by atoms with van der Waals surface area (Å²) in [6.45, 7) is 6.06. The smallest absolute Gasteiger partial charge is 0.338 e. The van der Waals surface area contributed by atoms with Gasteiger partial charge in [-0.25, -0.2) is 13.2 Å². The van der Waals surface area contributed by atoms with Crippen LogP contribution in [-0.4, -0.2) is 98.8 Å². The van der Waals surface area contributed by atoms with Crippen LogP contribution in [0.1, 0.15) is 50.9 Å². The van der Waals surface area contributed by atoms with E-state index in [0.29, 0.717) is 24.0 Å². The van der Waals surface area contributed by atoms with Gasteiger partial charge in [-0.05, 0) is 51.0 Å². The van der Waals surface area contributed by atoms with E-state index in [0.717, 1.165) is 9.88 Å². The SMILES string of the molecule is CC1=C2C(=CC(C)(C)[C@@H]2OC(=O)c2ccc(S(=O)(=O)N(C)CCNC(=O)CNC(=O)CNC(=O)CN)cc2)C(=O)[C@](C)(O)C12CC2. The number of rotatable bonds is 12. The van der Waals surface area contributed by atoms with Crippen molar-refractivity contribution in [2.75, 3.05) is 39.8 Å². The highest BCUT2D eigenvalue weighted by molar-refractivity contribution is 7.89. The first-order valence-electron chi connectivity index (χ1n) is 14.9. The number of benzene rings is 1. The van der Waals surface area contributed by atoms with E-state index in [-0.39, 0.29) is 49.0 Å². The van der Waals surface area contributed by atoms with Crippen LogP contribution in [0.15, 0.2) is 52.0 Å². The predicted octanol–water partition coefficient (Wildman–Crippen LogP) is -0.464. The first-order chi connectivity index (χ1) is 21.4. The molecule has 0 unspecified atom stereocenters. The molecule has 0 bridgehead atoms. The highest BCUT2D eigenvalue weighted by atomic mass is 32.2. The minimum absolute atomic E-state index is 0.0412. The molecule has 250 valence electrons. The van der Waals surface area contributed by atoms with E-state index < -0.39 is 56.2 Å². The zero-order valence-corrected chi connectivity index (χ0v) is 27.4. The molecule has 2 atom stereocenters. The second kappa shape index (κ2) is 12.7. The molecule has 3 aliphatic carbocycles. The summed E-state index contributed by atoms with van der Waals surface area (Å²) in [6.07, 6.45) is 2.33. The van der Waals surface area contributed by atoms with Crippen molar-refractivity contribution in [2.24, 2.45) is 16.6 Å². The first-order valence-corrected chi connectivity index (χ1v) is 16.3. The number of nitrogens with two attached hydrogens (primary N) is 1. The fourth-order valence-corrected chi connectivity index (χ4v) is 7.24. The second-order valence-corrected chi connectivity index (χ2v) is 14.7. The highest BCUT2D eigenvalue weighted by Crippen LogP contribution is 2.65. The molecule has 0 saturated heterocycles. The fraction of sp³-hybridized carbons (Fsp3) is 0.516. The topological polar surface area (TPSA) is 214 Å². The van der Waals surface area contributed by atoms with Gasteiger partial charge in [0.2, 0.25) is 27.7 Å². The van der Waals surface area contributed by atoms with E-state index in [9.17, 15) is 37.5 Å². The van der Waals surface area contributed by atoms with Crippen LogP contribution >= 0.6 is 0 Å². The van der Waals surface area contributed by atoms with Crippen molar-refractivity contribution in [1.29, 1.82) is 0 Å². The Morgan fingerprint density at radius 1 is 1.00 bits per heavy atom. The zero-order chi connectivity index (χ0) is 34.2. The van der Waals surface area contributed by atoms with Gasteiger partial charge in [-0.2, -0.15) is 4.31 Å². The summed E-state index contributed by atoms with van der Waals surface area (Å²) in [5.74, 6) is -2.71. The third-order valence-corrected chi connectivity index (χ3v) is 11.0. The minimum atomic E-state index is -3.98. The molecule has 1 spiro atoms. The van der Waals surface area contributed by atoms with Gasteiger partial charge in [-0.1, -0.05) is 25.5 Å². The monoisotopic (exact) mass is 659 g/mol. The minimum Gasteiger partial charge on any atom is -0.453 e. The standard InChI is InChI=1S/C31H41N5O9S/c1-18-25-21(26(40)30(4,42)31(18)10-11-31)14-29(2,3)27(25)45-28(41)19-6-8-20(9-7-19)46(43,44)36(5)13-12-33-23(38)16-35-24(39)17-34-22(37)15-32/h6-9,14,27,42H,10-13,15-17,32H2,1-5H3,(H,33,38)(H,34,37)(H,35,39)/t27-,30+/m1/s1. The second-order valence-electron chi connectivity index (χ2n) is 12.6. The summed E-state index contributed by atoms with van der Waals surface area (Å²) in [5.41, 5.74) is 4.22. The number of hydrogen-bond acceptors (Lipinski definition) is 10. The molecule has 4 rings (SSSR count). The van der Waals surface area contributed by atoms with Crippen LogP contribution in [0.3, 0.4) is 0 Å². The number of carbonyl (C=O) groups is 5. The van der Waals surface area contributed by atoms with Crippen LogP contribution in [-0.2, 0) is 33.9 Å². The lowest BCUT2D eigenvalue weighted by molar-refractivity contribution is -0.138. The summed E-state index contributed by atoms with van der Waals surface area (Å²) < 4.78 is 33.2. The van der Waals surface area contributed by atoms with Crippen molar-refractivity contribution in [3.8, 4) is 0 Å². The lowest BCUT2D eigenvalue weighted by Crippen LogP contribution is -2.50. The van der Waals surface area contributed by atoms with Gasteiger partial charge >= 0.3 is 5.97 Å². The summed E-state index contributed by atoms with van der Waals surface area (Å²) in [4.78, 5) is 61.2. The molecule has 3 aliphatic rings. The van der Waals surface area contributed by atoms with E-state index in [2.05, 4.69) is 16.0 Å². The molecule has 46 heavy (non-hydrogen) atoms. The van der Waals surface area contributed by atoms with E-state index in [4.69, 9.17) is 10.5 Å². The van der Waals surface area contributed by atoms with Gasteiger partial charge in [-0.15, -0.1) is 0 Å². The summed E-state index contributed by atoms with van der Waals surface area (Å²) >= 11 is 0. The lowest BCUT2D eigenvalue weighted by atomic mass is 9.67. The Labute approximate surface area is 267 Å². The predicted molar refractivity (Wildman–Crippen MR) is 165 cm³/mol. The van der Waals surface area contributed by atoms with Crippen molar-refractivity contribution >= 4 is 39.5 Å². The lowest BCUT2D eigenvalue weighted by Gasteiger charge is -2.40. The van der Waals surface area contributed by atoms with E-state index in [1.807, 2.05) is 20.8 Å². The summed E-state index contributed by atoms with van der Waals surface area (Å²) in [5, 5.41) is 18.2. The quantitative estimate of drug-likeness (QED) is 0.182. The van der Waals surface area contributed by atoms with Gasteiger partial charge in [-0.3, -0.25) is 19.2 Å². The maximum atomic E-state index is 13.3. The molecule has 3 amide bonds. The third-order valence-electron chi connectivity index (χ3n) is 9.08. The van der Waals surface area contributed by atoms with Crippen molar-refractivity contribution in [2.45, 2.75) is 57.1 Å². The average Bonchev–Trinajstić information content (AvgIpc) is 3.78. The molecule has 6 N–H and O–H groups in total. The summed E-state index contributed by atoms with van der Waals surface area (Å²) in [6, 6.07) is 5.27. The molecule has 1 saturated carbocycles. The van der Waals surface area contributed by atoms with Crippen LogP contribution in [0.25, 0.3) is 0 Å².